The summed E-state index contributed by atoms with van der Waals surface area (Å²) in [5.74, 6) is 1.76. The number of aromatic nitrogens is 3. The maximum absolute atomic E-state index is 9.35. The Hall–Kier alpha value is -7.48. The topological polar surface area (TPSA) is 62.5 Å². The summed E-state index contributed by atoms with van der Waals surface area (Å²) >= 11 is 0. The summed E-state index contributed by atoms with van der Waals surface area (Å²) in [7, 11) is 0. The molecular formula is C50H32N4. The molecule has 0 fully saturated rings. The van der Waals surface area contributed by atoms with Crippen LogP contribution in [0.2, 0.25) is 0 Å². The fraction of sp³-hybridized carbons (Fsp3) is 0. The minimum Gasteiger partial charge on any atom is -0.208 e. The van der Waals surface area contributed by atoms with Gasteiger partial charge in [-0.15, -0.1) is 0 Å². The van der Waals surface area contributed by atoms with Crippen molar-refractivity contribution in [1.82, 2.24) is 15.0 Å². The number of benzene rings is 8. The Bertz CT molecular complexity index is 2800. The van der Waals surface area contributed by atoms with Gasteiger partial charge in [0, 0.05) is 22.3 Å². The first kappa shape index (κ1) is 32.4. The zero-order valence-electron chi connectivity index (χ0n) is 29.3. The number of hydrogen-bond acceptors (Lipinski definition) is 4. The van der Waals surface area contributed by atoms with E-state index in [0.717, 1.165) is 55.6 Å². The van der Waals surface area contributed by atoms with Crippen molar-refractivity contribution in [1.29, 1.82) is 5.26 Å². The standard InChI is InChI=1S/C50H32N4/c51-33-34-24-26-35(27-25-34)41-18-9-19-42(32-41)49-52-48(40-30-28-38(29-31-40)44-21-10-17-36-14-7-8-20-43(36)44)53-50(54-49)46-23-11-22-45(37-12-3-1-4-13-37)47(46)39-15-5-2-6-16-39/h1-32H. The van der Waals surface area contributed by atoms with Crippen LogP contribution in [0.5, 0.6) is 0 Å². The van der Waals surface area contributed by atoms with Crippen molar-refractivity contribution in [2.45, 2.75) is 0 Å². The molecule has 4 heteroatoms. The number of hydrogen-bond donors (Lipinski definition) is 0. The zero-order chi connectivity index (χ0) is 36.3. The normalized spacial score (nSPS) is 10.9. The van der Waals surface area contributed by atoms with Gasteiger partial charge in [-0.2, -0.15) is 5.26 Å². The Kier molecular flexibility index (Phi) is 8.57. The van der Waals surface area contributed by atoms with E-state index in [1.165, 1.54) is 16.3 Å². The molecule has 0 aliphatic heterocycles. The van der Waals surface area contributed by atoms with Crippen molar-refractivity contribution in [3.05, 3.63) is 200 Å². The molecule has 0 bridgehead atoms. The number of nitriles is 1. The minimum atomic E-state index is 0.577. The highest BCUT2D eigenvalue weighted by molar-refractivity contribution is 5.97. The van der Waals surface area contributed by atoms with Crippen LogP contribution in [0.1, 0.15) is 5.56 Å². The summed E-state index contributed by atoms with van der Waals surface area (Å²) in [6.45, 7) is 0. The smallest absolute Gasteiger partial charge is 0.164 e. The minimum absolute atomic E-state index is 0.577. The van der Waals surface area contributed by atoms with E-state index < -0.39 is 0 Å². The van der Waals surface area contributed by atoms with Gasteiger partial charge >= 0.3 is 0 Å². The molecule has 0 aliphatic rings. The van der Waals surface area contributed by atoms with Crippen molar-refractivity contribution in [3.63, 3.8) is 0 Å². The average molecular weight is 689 g/mol. The van der Waals surface area contributed by atoms with Gasteiger partial charge in [-0.25, -0.2) is 15.0 Å². The van der Waals surface area contributed by atoms with E-state index in [4.69, 9.17) is 15.0 Å². The van der Waals surface area contributed by atoms with Crippen LogP contribution >= 0.6 is 0 Å². The van der Waals surface area contributed by atoms with E-state index in [-0.39, 0.29) is 0 Å². The van der Waals surface area contributed by atoms with Gasteiger partial charge in [0.05, 0.1) is 11.6 Å². The predicted molar refractivity (Wildman–Crippen MR) is 220 cm³/mol. The summed E-state index contributed by atoms with van der Waals surface area (Å²) in [6, 6.07) is 68.7. The van der Waals surface area contributed by atoms with E-state index >= 15 is 0 Å². The van der Waals surface area contributed by atoms with Crippen LogP contribution in [-0.2, 0) is 0 Å². The molecule has 8 aromatic carbocycles. The van der Waals surface area contributed by atoms with Crippen LogP contribution in [0.3, 0.4) is 0 Å². The number of rotatable bonds is 7. The van der Waals surface area contributed by atoms with Crippen LogP contribution in [-0.4, -0.2) is 15.0 Å². The summed E-state index contributed by atoms with van der Waals surface area (Å²) in [5, 5.41) is 11.8. The van der Waals surface area contributed by atoms with Crippen molar-refractivity contribution in [2.24, 2.45) is 0 Å². The monoisotopic (exact) mass is 688 g/mol. The lowest BCUT2D eigenvalue weighted by molar-refractivity contribution is 1.07. The second kappa shape index (κ2) is 14.3. The molecular weight excluding hydrogens is 657 g/mol. The maximum atomic E-state index is 9.35. The molecule has 0 aliphatic carbocycles. The highest BCUT2D eigenvalue weighted by atomic mass is 15.0. The van der Waals surface area contributed by atoms with Crippen LogP contribution in [0.25, 0.3) is 89.4 Å². The maximum Gasteiger partial charge on any atom is 0.164 e. The molecule has 0 spiro atoms. The van der Waals surface area contributed by atoms with Crippen LogP contribution < -0.4 is 0 Å². The first-order chi connectivity index (χ1) is 26.7. The van der Waals surface area contributed by atoms with Gasteiger partial charge in [0.2, 0.25) is 0 Å². The largest absolute Gasteiger partial charge is 0.208 e. The number of nitrogens with zero attached hydrogens (tertiary/aromatic N) is 4. The summed E-state index contributed by atoms with van der Waals surface area (Å²) < 4.78 is 0. The first-order valence-electron chi connectivity index (χ1n) is 17.9. The van der Waals surface area contributed by atoms with Crippen molar-refractivity contribution < 1.29 is 0 Å². The fourth-order valence-electron chi connectivity index (χ4n) is 7.12. The van der Waals surface area contributed by atoms with Crippen molar-refractivity contribution in [3.8, 4) is 84.7 Å². The van der Waals surface area contributed by atoms with Gasteiger partial charge in [0.1, 0.15) is 0 Å². The highest BCUT2D eigenvalue weighted by Crippen LogP contribution is 2.40. The SMILES string of the molecule is N#Cc1ccc(-c2cccc(-c3nc(-c4ccc(-c5cccc6ccccc56)cc4)nc(-c4cccc(-c5ccccc5)c4-c4ccccc4)n3)c2)cc1. The molecule has 0 radical (unpaired) electrons. The Morgan fingerprint density at radius 3 is 1.59 bits per heavy atom. The van der Waals surface area contributed by atoms with E-state index in [2.05, 4.69) is 152 Å². The molecule has 54 heavy (non-hydrogen) atoms. The van der Waals surface area contributed by atoms with Gasteiger partial charge in [0.15, 0.2) is 17.5 Å². The zero-order valence-corrected chi connectivity index (χ0v) is 29.3. The van der Waals surface area contributed by atoms with E-state index in [9.17, 15) is 5.26 Å². The lowest BCUT2D eigenvalue weighted by Gasteiger charge is -2.16. The lowest BCUT2D eigenvalue weighted by atomic mass is 9.90. The van der Waals surface area contributed by atoms with E-state index in [1.807, 2.05) is 48.5 Å². The Morgan fingerprint density at radius 2 is 0.833 bits per heavy atom. The summed E-state index contributed by atoms with van der Waals surface area (Å²) in [5.41, 5.74) is 12.0. The highest BCUT2D eigenvalue weighted by Gasteiger charge is 2.19. The molecule has 4 nitrogen and oxygen atoms in total. The van der Waals surface area contributed by atoms with E-state index in [0.29, 0.717) is 23.0 Å². The van der Waals surface area contributed by atoms with Crippen LogP contribution in [0.15, 0.2) is 194 Å². The molecule has 0 saturated heterocycles. The fourth-order valence-corrected chi connectivity index (χ4v) is 7.12. The quantitative estimate of drug-likeness (QED) is 0.167. The molecule has 1 heterocycles. The third kappa shape index (κ3) is 6.32. The summed E-state index contributed by atoms with van der Waals surface area (Å²) in [6.07, 6.45) is 0. The third-order valence-corrected chi connectivity index (χ3v) is 9.80. The lowest BCUT2D eigenvalue weighted by Crippen LogP contribution is -2.02. The van der Waals surface area contributed by atoms with Gasteiger partial charge in [0.25, 0.3) is 0 Å². The van der Waals surface area contributed by atoms with Gasteiger partial charge in [-0.3, -0.25) is 0 Å². The second-order valence-corrected chi connectivity index (χ2v) is 13.1. The second-order valence-electron chi connectivity index (χ2n) is 13.1. The van der Waals surface area contributed by atoms with Gasteiger partial charge < -0.3 is 0 Å². The number of fused-ring (bicyclic) bond motifs is 1. The Balaban J connectivity index is 1.23. The molecule has 0 saturated carbocycles. The van der Waals surface area contributed by atoms with Gasteiger partial charge in [-0.05, 0) is 67.9 Å². The summed E-state index contributed by atoms with van der Waals surface area (Å²) in [4.78, 5) is 15.6. The van der Waals surface area contributed by atoms with Crippen molar-refractivity contribution in [2.75, 3.05) is 0 Å². The average Bonchev–Trinajstić information content (AvgIpc) is 3.26. The van der Waals surface area contributed by atoms with Crippen LogP contribution in [0.4, 0.5) is 0 Å². The molecule has 0 atom stereocenters. The molecule has 9 aromatic rings. The van der Waals surface area contributed by atoms with Crippen LogP contribution in [0, 0.1) is 11.3 Å². The van der Waals surface area contributed by atoms with E-state index in [1.54, 1.807) is 0 Å². The molecule has 1 aromatic heterocycles. The Morgan fingerprint density at radius 1 is 0.333 bits per heavy atom. The molecule has 252 valence electrons. The molecule has 0 amide bonds. The predicted octanol–water partition coefficient (Wildman–Crippen LogP) is 12.6. The van der Waals surface area contributed by atoms with Gasteiger partial charge in [-0.1, -0.05) is 176 Å². The molecule has 9 rings (SSSR count). The first-order valence-corrected chi connectivity index (χ1v) is 17.9. The Labute approximate surface area is 314 Å². The van der Waals surface area contributed by atoms with Crippen molar-refractivity contribution >= 4 is 10.8 Å². The third-order valence-electron chi connectivity index (χ3n) is 9.80. The molecule has 0 N–H and O–H groups in total. The molecule has 0 unspecified atom stereocenters.